The van der Waals surface area contributed by atoms with Gasteiger partial charge < -0.3 is 15.1 Å². The monoisotopic (exact) mass is 227 g/mol. The molecule has 1 unspecified atom stereocenters. The topological polar surface area (TPSA) is 35.6 Å². The Balaban J connectivity index is 2.54. The molecule has 1 heterocycles. The zero-order valence-electron chi connectivity index (χ0n) is 11.2. The quantitative estimate of drug-likeness (QED) is 0.776. The smallest absolute Gasteiger partial charge is 0.318 e. The molecule has 0 saturated carbocycles. The van der Waals surface area contributed by atoms with Gasteiger partial charge in [0.1, 0.15) is 0 Å². The van der Waals surface area contributed by atoms with E-state index >= 15 is 0 Å². The van der Waals surface area contributed by atoms with Crippen LogP contribution < -0.4 is 5.32 Å². The van der Waals surface area contributed by atoms with Crippen molar-refractivity contribution in [1.82, 2.24) is 15.1 Å². The normalized spacial score (nSPS) is 21.6. The number of carbonyl (C=O) groups is 1. The molecule has 16 heavy (non-hydrogen) atoms. The highest BCUT2D eigenvalue weighted by atomic mass is 16.2. The average Bonchev–Trinajstić information content (AvgIpc) is 2.47. The fourth-order valence-corrected chi connectivity index (χ4v) is 2.11. The molecular weight excluding hydrogens is 202 g/mol. The summed E-state index contributed by atoms with van der Waals surface area (Å²) in [5.41, 5.74) is -0.150. The molecule has 94 valence electrons. The molecule has 1 saturated heterocycles. The molecule has 1 N–H and O–H groups in total. The predicted molar refractivity (Wildman–Crippen MR) is 66.6 cm³/mol. The van der Waals surface area contributed by atoms with Crippen molar-refractivity contribution in [3.63, 3.8) is 0 Å². The minimum absolute atomic E-state index is 0.0804. The number of hydrogen-bond acceptors (Lipinski definition) is 2. The summed E-state index contributed by atoms with van der Waals surface area (Å²) in [5.74, 6) is 0. The first-order valence-electron chi connectivity index (χ1n) is 6.03. The Labute approximate surface area is 99.0 Å². The van der Waals surface area contributed by atoms with Crippen molar-refractivity contribution in [1.29, 1.82) is 0 Å². The van der Waals surface area contributed by atoms with Gasteiger partial charge in [0.15, 0.2) is 0 Å². The molecule has 0 aliphatic carbocycles. The lowest BCUT2D eigenvalue weighted by Gasteiger charge is -2.30. The van der Waals surface area contributed by atoms with Gasteiger partial charge in [-0.3, -0.25) is 0 Å². The van der Waals surface area contributed by atoms with E-state index in [0.717, 1.165) is 25.9 Å². The molecule has 0 aromatic heterocycles. The summed E-state index contributed by atoms with van der Waals surface area (Å²) in [5, 5.41) is 3.03. The van der Waals surface area contributed by atoms with Crippen LogP contribution in [0, 0.1) is 0 Å². The van der Waals surface area contributed by atoms with Crippen molar-refractivity contribution in [3.05, 3.63) is 0 Å². The molecule has 0 aromatic carbocycles. The van der Waals surface area contributed by atoms with E-state index in [1.54, 1.807) is 0 Å². The third-order valence-electron chi connectivity index (χ3n) is 2.70. The third-order valence-corrected chi connectivity index (χ3v) is 2.70. The van der Waals surface area contributed by atoms with Crippen molar-refractivity contribution >= 4 is 6.03 Å². The van der Waals surface area contributed by atoms with Gasteiger partial charge in [0.25, 0.3) is 0 Å². The van der Waals surface area contributed by atoms with Crippen LogP contribution in [0.3, 0.4) is 0 Å². The van der Waals surface area contributed by atoms with Crippen molar-refractivity contribution in [2.75, 3.05) is 27.2 Å². The number of nitrogens with one attached hydrogen (secondary N) is 1. The molecule has 4 nitrogen and oxygen atoms in total. The second kappa shape index (κ2) is 5.04. The fraction of sp³-hybridized carbons (Fsp3) is 0.917. The number of likely N-dealkylation sites (N-methyl/N-ethyl adjacent to an activating group) is 1. The standard InChI is InChI=1S/C12H25N3O/c1-12(2,3)13-11(16)15-8-6-7-10(15)9-14(4)5/h10H,6-9H2,1-5H3,(H,13,16). The molecule has 1 fully saturated rings. The molecule has 0 aromatic rings. The van der Waals surface area contributed by atoms with Crippen molar-refractivity contribution in [2.24, 2.45) is 0 Å². The Hall–Kier alpha value is -0.770. The number of rotatable bonds is 2. The lowest BCUT2D eigenvalue weighted by molar-refractivity contribution is 0.173. The third kappa shape index (κ3) is 4.00. The molecule has 2 amide bonds. The number of likely N-dealkylation sites (tertiary alicyclic amines) is 1. The van der Waals surface area contributed by atoms with Crippen LogP contribution >= 0.6 is 0 Å². The van der Waals surface area contributed by atoms with E-state index in [0.29, 0.717) is 6.04 Å². The molecule has 0 bridgehead atoms. The summed E-state index contributed by atoms with van der Waals surface area (Å²) < 4.78 is 0. The Bertz CT molecular complexity index is 245. The maximum Gasteiger partial charge on any atom is 0.318 e. The Morgan fingerprint density at radius 3 is 2.56 bits per heavy atom. The minimum Gasteiger partial charge on any atom is -0.333 e. The van der Waals surface area contributed by atoms with E-state index in [2.05, 4.69) is 24.3 Å². The first-order chi connectivity index (χ1) is 7.29. The van der Waals surface area contributed by atoms with Crippen molar-refractivity contribution in [3.8, 4) is 0 Å². The van der Waals surface area contributed by atoms with Gasteiger partial charge in [-0.05, 0) is 47.7 Å². The lowest BCUT2D eigenvalue weighted by Crippen LogP contribution is -2.51. The highest BCUT2D eigenvalue weighted by Gasteiger charge is 2.30. The summed E-state index contributed by atoms with van der Waals surface area (Å²) in [6, 6.07) is 0.453. The van der Waals surface area contributed by atoms with Gasteiger partial charge in [-0.2, -0.15) is 0 Å². The summed E-state index contributed by atoms with van der Waals surface area (Å²) >= 11 is 0. The van der Waals surface area contributed by atoms with E-state index < -0.39 is 0 Å². The van der Waals surface area contributed by atoms with Gasteiger partial charge in [0, 0.05) is 24.7 Å². The average molecular weight is 227 g/mol. The van der Waals surface area contributed by atoms with E-state index in [4.69, 9.17) is 0 Å². The number of hydrogen-bond donors (Lipinski definition) is 1. The van der Waals surface area contributed by atoms with Crippen LogP contribution in [0.15, 0.2) is 0 Å². The SMILES string of the molecule is CN(C)CC1CCCN1C(=O)NC(C)(C)C. The number of urea groups is 1. The van der Waals surface area contributed by atoms with Crippen LogP contribution in [0.5, 0.6) is 0 Å². The molecule has 1 aliphatic rings. The second-order valence-corrected chi connectivity index (χ2v) is 5.93. The van der Waals surface area contributed by atoms with Crippen LogP contribution in [0.1, 0.15) is 33.6 Å². The largest absolute Gasteiger partial charge is 0.333 e. The number of carbonyl (C=O) groups excluding carboxylic acids is 1. The van der Waals surface area contributed by atoms with Gasteiger partial charge in [-0.25, -0.2) is 4.79 Å². The van der Waals surface area contributed by atoms with E-state index in [1.807, 2.05) is 25.7 Å². The molecule has 0 radical (unpaired) electrons. The molecule has 4 heteroatoms. The van der Waals surface area contributed by atoms with Gasteiger partial charge >= 0.3 is 6.03 Å². The lowest BCUT2D eigenvalue weighted by atomic mass is 10.1. The molecule has 1 aliphatic heterocycles. The Kier molecular flexibility index (Phi) is 4.19. The van der Waals surface area contributed by atoms with Crippen molar-refractivity contribution < 1.29 is 4.79 Å². The predicted octanol–water partition coefficient (Wildman–Crippen LogP) is 1.52. The van der Waals surface area contributed by atoms with Gasteiger partial charge in [-0.1, -0.05) is 0 Å². The summed E-state index contributed by atoms with van der Waals surface area (Å²) in [7, 11) is 4.11. The molecular formula is C12H25N3O. The highest BCUT2D eigenvalue weighted by molar-refractivity contribution is 5.75. The Morgan fingerprint density at radius 2 is 2.06 bits per heavy atom. The van der Waals surface area contributed by atoms with Crippen molar-refractivity contribution in [2.45, 2.75) is 45.2 Å². The summed E-state index contributed by atoms with van der Waals surface area (Å²) in [6.45, 7) is 7.89. The highest BCUT2D eigenvalue weighted by Crippen LogP contribution is 2.18. The molecule has 1 rings (SSSR count). The number of nitrogens with zero attached hydrogens (tertiary/aromatic N) is 2. The van der Waals surface area contributed by atoms with Crippen LogP contribution in [0.2, 0.25) is 0 Å². The second-order valence-electron chi connectivity index (χ2n) is 5.93. The summed E-state index contributed by atoms with van der Waals surface area (Å²) in [6.07, 6.45) is 2.24. The maximum absolute atomic E-state index is 12.0. The first kappa shape index (κ1) is 13.3. The van der Waals surface area contributed by atoms with Crippen LogP contribution in [0.4, 0.5) is 4.79 Å². The minimum atomic E-state index is -0.150. The zero-order chi connectivity index (χ0) is 12.3. The van der Waals surface area contributed by atoms with Crippen LogP contribution in [-0.2, 0) is 0 Å². The zero-order valence-corrected chi connectivity index (χ0v) is 11.2. The molecule has 0 spiro atoms. The molecule has 1 atom stereocenters. The van der Waals surface area contributed by atoms with Gasteiger partial charge in [0.05, 0.1) is 0 Å². The fourth-order valence-electron chi connectivity index (χ4n) is 2.11. The van der Waals surface area contributed by atoms with E-state index in [9.17, 15) is 4.79 Å². The van der Waals surface area contributed by atoms with Crippen LogP contribution in [0.25, 0.3) is 0 Å². The van der Waals surface area contributed by atoms with Gasteiger partial charge in [0.2, 0.25) is 0 Å². The van der Waals surface area contributed by atoms with Crippen LogP contribution in [-0.4, -0.2) is 54.6 Å². The van der Waals surface area contributed by atoms with E-state index in [-0.39, 0.29) is 11.6 Å². The van der Waals surface area contributed by atoms with Gasteiger partial charge in [-0.15, -0.1) is 0 Å². The summed E-state index contributed by atoms with van der Waals surface area (Å²) in [4.78, 5) is 16.2. The van der Waals surface area contributed by atoms with E-state index in [1.165, 1.54) is 0 Å². The Morgan fingerprint density at radius 1 is 1.44 bits per heavy atom. The maximum atomic E-state index is 12.0. The number of amides is 2. The first-order valence-corrected chi connectivity index (χ1v) is 6.03.